The van der Waals surface area contributed by atoms with Crippen molar-refractivity contribution in [2.75, 3.05) is 0 Å². The Bertz CT molecular complexity index is 667. The van der Waals surface area contributed by atoms with Gasteiger partial charge in [0, 0.05) is 34.6 Å². The minimum atomic E-state index is 0.421. The second-order valence-corrected chi connectivity index (χ2v) is 6.45. The Labute approximate surface area is 123 Å². The molecule has 1 aromatic carbocycles. The van der Waals surface area contributed by atoms with Crippen LogP contribution in [0.3, 0.4) is 0 Å². The number of rotatable bonds is 5. The summed E-state index contributed by atoms with van der Waals surface area (Å²) < 4.78 is 0. The Hall–Kier alpha value is -1.58. The Kier molecular flexibility index (Phi) is 3.90. The fourth-order valence-corrected chi connectivity index (χ4v) is 3.63. The Morgan fingerprint density at radius 1 is 1.15 bits per heavy atom. The first-order valence-corrected chi connectivity index (χ1v) is 7.95. The minimum Gasteiger partial charge on any atom is -0.361 e. The molecule has 0 radical (unpaired) electrons. The Balaban J connectivity index is 1.79. The van der Waals surface area contributed by atoms with Crippen LogP contribution in [-0.4, -0.2) is 4.98 Å². The van der Waals surface area contributed by atoms with Crippen molar-refractivity contribution >= 4 is 22.2 Å². The lowest BCUT2D eigenvalue weighted by atomic mass is 10.0. The summed E-state index contributed by atoms with van der Waals surface area (Å²) in [6.45, 7) is 5.44. The molecular weight excluding hydrogens is 264 g/mol. The SMILES string of the molecule is CC(C)C(NCc1cccc2[nH]ccc12)c1cccs1. The van der Waals surface area contributed by atoms with Crippen molar-refractivity contribution in [2.24, 2.45) is 5.92 Å². The third-order valence-corrected chi connectivity index (χ3v) is 4.67. The monoisotopic (exact) mass is 284 g/mol. The summed E-state index contributed by atoms with van der Waals surface area (Å²) in [6, 6.07) is 13.4. The van der Waals surface area contributed by atoms with Gasteiger partial charge in [-0.3, -0.25) is 0 Å². The molecule has 3 aromatic rings. The summed E-state index contributed by atoms with van der Waals surface area (Å²) in [5.74, 6) is 0.582. The van der Waals surface area contributed by atoms with E-state index in [1.807, 2.05) is 17.5 Å². The lowest BCUT2D eigenvalue weighted by molar-refractivity contribution is 0.417. The molecule has 0 aliphatic heterocycles. The maximum atomic E-state index is 3.72. The van der Waals surface area contributed by atoms with Crippen LogP contribution in [0.4, 0.5) is 0 Å². The first-order chi connectivity index (χ1) is 9.75. The normalized spacial score (nSPS) is 13.2. The summed E-state index contributed by atoms with van der Waals surface area (Å²) in [6.07, 6.45) is 2.01. The number of nitrogens with one attached hydrogen (secondary N) is 2. The number of aromatic amines is 1. The lowest BCUT2D eigenvalue weighted by Crippen LogP contribution is -2.24. The number of thiophene rings is 1. The molecule has 1 unspecified atom stereocenters. The van der Waals surface area contributed by atoms with Crippen LogP contribution in [0.1, 0.15) is 30.3 Å². The van der Waals surface area contributed by atoms with Gasteiger partial charge in [0.1, 0.15) is 0 Å². The van der Waals surface area contributed by atoms with Gasteiger partial charge in [-0.1, -0.05) is 32.0 Å². The molecule has 1 atom stereocenters. The summed E-state index contributed by atoms with van der Waals surface area (Å²) >= 11 is 1.83. The molecule has 3 heteroatoms. The highest BCUT2D eigenvalue weighted by Gasteiger charge is 2.16. The first kappa shape index (κ1) is 13.4. The predicted molar refractivity (Wildman–Crippen MR) is 87.0 cm³/mol. The summed E-state index contributed by atoms with van der Waals surface area (Å²) in [5.41, 5.74) is 2.56. The molecule has 0 amide bonds. The minimum absolute atomic E-state index is 0.421. The van der Waals surface area contributed by atoms with Crippen LogP contribution in [-0.2, 0) is 6.54 Å². The maximum Gasteiger partial charge on any atom is 0.0457 e. The van der Waals surface area contributed by atoms with Crippen molar-refractivity contribution in [3.63, 3.8) is 0 Å². The number of fused-ring (bicyclic) bond motifs is 1. The zero-order chi connectivity index (χ0) is 13.9. The maximum absolute atomic E-state index is 3.72. The summed E-state index contributed by atoms with van der Waals surface area (Å²) in [7, 11) is 0. The van der Waals surface area contributed by atoms with Crippen LogP contribution in [0.25, 0.3) is 10.9 Å². The summed E-state index contributed by atoms with van der Waals surface area (Å²) in [4.78, 5) is 4.69. The molecule has 0 fully saturated rings. The van der Waals surface area contributed by atoms with E-state index in [0.717, 1.165) is 6.54 Å². The van der Waals surface area contributed by atoms with Gasteiger partial charge in [0.25, 0.3) is 0 Å². The van der Waals surface area contributed by atoms with Crippen molar-refractivity contribution in [2.45, 2.75) is 26.4 Å². The predicted octanol–water partition coefficient (Wildman–Crippen LogP) is 4.72. The van der Waals surface area contributed by atoms with Crippen molar-refractivity contribution in [1.82, 2.24) is 10.3 Å². The number of H-pyrrole nitrogens is 1. The summed E-state index contributed by atoms with van der Waals surface area (Å²) in [5, 5.41) is 7.18. The van der Waals surface area contributed by atoms with Crippen molar-refractivity contribution < 1.29 is 0 Å². The van der Waals surface area contributed by atoms with E-state index in [1.54, 1.807) is 0 Å². The zero-order valence-corrected chi connectivity index (χ0v) is 12.7. The first-order valence-electron chi connectivity index (χ1n) is 7.07. The van der Waals surface area contributed by atoms with Crippen LogP contribution in [0.5, 0.6) is 0 Å². The number of benzene rings is 1. The van der Waals surface area contributed by atoms with Crippen LogP contribution in [0, 0.1) is 5.92 Å². The Morgan fingerprint density at radius 2 is 2.05 bits per heavy atom. The van der Waals surface area contributed by atoms with Crippen LogP contribution in [0.15, 0.2) is 48.0 Å². The van der Waals surface area contributed by atoms with Gasteiger partial charge >= 0.3 is 0 Å². The van der Waals surface area contributed by atoms with Gasteiger partial charge in [0.05, 0.1) is 0 Å². The molecule has 0 aliphatic rings. The van der Waals surface area contributed by atoms with Crippen molar-refractivity contribution in [3.05, 3.63) is 58.4 Å². The van der Waals surface area contributed by atoms with E-state index in [1.165, 1.54) is 21.3 Å². The molecule has 2 aromatic heterocycles. The van der Waals surface area contributed by atoms with Gasteiger partial charge in [0.15, 0.2) is 0 Å². The van der Waals surface area contributed by atoms with E-state index < -0.39 is 0 Å². The third-order valence-electron chi connectivity index (χ3n) is 3.71. The second kappa shape index (κ2) is 5.81. The highest BCUT2D eigenvalue weighted by Crippen LogP contribution is 2.27. The number of aromatic nitrogens is 1. The topological polar surface area (TPSA) is 27.8 Å². The molecule has 0 saturated heterocycles. The molecule has 104 valence electrons. The molecule has 0 bridgehead atoms. The standard InChI is InChI=1S/C17H20N2S/c1-12(2)17(16-7-4-10-20-16)19-11-13-5-3-6-15-14(13)8-9-18-15/h3-10,12,17-19H,11H2,1-2H3. The fraction of sp³-hybridized carbons (Fsp3) is 0.294. The molecule has 0 saturated carbocycles. The van der Waals surface area contributed by atoms with Crippen LogP contribution >= 0.6 is 11.3 Å². The average Bonchev–Trinajstić information content (AvgIpc) is 3.09. The average molecular weight is 284 g/mol. The quantitative estimate of drug-likeness (QED) is 0.697. The van der Waals surface area contributed by atoms with Gasteiger partial charge < -0.3 is 10.3 Å². The molecule has 2 N–H and O–H groups in total. The highest BCUT2D eigenvalue weighted by atomic mass is 32.1. The largest absolute Gasteiger partial charge is 0.361 e. The smallest absolute Gasteiger partial charge is 0.0457 e. The molecule has 2 nitrogen and oxygen atoms in total. The molecule has 3 rings (SSSR count). The van der Waals surface area contributed by atoms with Gasteiger partial charge in [-0.2, -0.15) is 0 Å². The van der Waals surface area contributed by atoms with Gasteiger partial charge in [-0.05, 0) is 35.1 Å². The van der Waals surface area contributed by atoms with Gasteiger partial charge in [-0.25, -0.2) is 0 Å². The van der Waals surface area contributed by atoms with E-state index in [2.05, 4.69) is 65.9 Å². The zero-order valence-electron chi connectivity index (χ0n) is 11.9. The van der Waals surface area contributed by atoms with E-state index >= 15 is 0 Å². The van der Waals surface area contributed by atoms with E-state index in [0.29, 0.717) is 12.0 Å². The van der Waals surface area contributed by atoms with Crippen LogP contribution in [0.2, 0.25) is 0 Å². The lowest BCUT2D eigenvalue weighted by Gasteiger charge is -2.21. The van der Waals surface area contributed by atoms with E-state index in [4.69, 9.17) is 0 Å². The number of hydrogen-bond donors (Lipinski definition) is 2. The molecule has 0 aliphatic carbocycles. The fourth-order valence-electron chi connectivity index (χ4n) is 2.66. The molecular formula is C17H20N2S. The molecule has 20 heavy (non-hydrogen) atoms. The van der Waals surface area contributed by atoms with Crippen molar-refractivity contribution in [1.29, 1.82) is 0 Å². The van der Waals surface area contributed by atoms with Crippen molar-refractivity contribution in [3.8, 4) is 0 Å². The number of hydrogen-bond acceptors (Lipinski definition) is 2. The second-order valence-electron chi connectivity index (χ2n) is 5.47. The molecule has 2 heterocycles. The molecule has 0 spiro atoms. The highest BCUT2D eigenvalue weighted by molar-refractivity contribution is 7.10. The van der Waals surface area contributed by atoms with Crippen LogP contribution < -0.4 is 5.32 Å². The third kappa shape index (κ3) is 2.65. The Morgan fingerprint density at radius 3 is 2.80 bits per heavy atom. The van der Waals surface area contributed by atoms with E-state index in [-0.39, 0.29) is 0 Å². The van der Waals surface area contributed by atoms with Gasteiger partial charge in [-0.15, -0.1) is 11.3 Å². The van der Waals surface area contributed by atoms with E-state index in [9.17, 15) is 0 Å². The van der Waals surface area contributed by atoms with Gasteiger partial charge in [0.2, 0.25) is 0 Å².